The molecule has 7 nitrogen and oxygen atoms in total. The molecule has 0 aliphatic rings. The summed E-state index contributed by atoms with van der Waals surface area (Å²) in [6.45, 7) is 0. The molecule has 0 saturated carbocycles. The number of halogens is 1. The lowest BCUT2D eigenvalue weighted by Crippen LogP contribution is -2.38. The monoisotopic (exact) mass is 315 g/mol. The lowest BCUT2D eigenvalue weighted by molar-refractivity contribution is 0.0696. The van der Waals surface area contributed by atoms with E-state index in [2.05, 4.69) is 4.98 Å². The highest BCUT2D eigenvalue weighted by Crippen LogP contribution is 2.14. The van der Waals surface area contributed by atoms with Crippen LogP contribution in [0, 0.1) is 5.82 Å². The number of hydrogen-bond acceptors (Lipinski definition) is 4. The molecule has 3 rings (SSSR count). The molecule has 2 heterocycles. The van der Waals surface area contributed by atoms with Crippen molar-refractivity contribution in [3.05, 3.63) is 68.7 Å². The normalized spacial score (nSPS) is 10.9. The highest BCUT2D eigenvalue weighted by Gasteiger charge is 2.15. The molecule has 23 heavy (non-hydrogen) atoms. The fourth-order valence-electron chi connectivity index (χ4n) is 2.24. The lowest BCUT2D eigenvalue weighted by atomic mass is 10.2. The third-order valence-corrected chi connectivity index (χ3v) is 3.42. The SMILES string of the molecule is Cn1c(=O)c2cc(C(=O)O)cnc2n(-c2ccc(F)cc2)c1=O. The number of carbonyl (C=O) groups is 1. The Morgan fingerprint density at radius 3 is 2.48 bits per heavy atom. The molecule has 0 amide bonds. The van der Waals surface area contributed by atoms with E-state index < -0.39 is 23.0 Å². The second kappa shape index (κ2) is 5.16. The maximum absolute atomic E-state index is 13.1. The molecule has 0 fully saturated rings. The van der Waals surface area contributed by atoms with Crippen LogP contribution < -0.4 is 11.2 Å². The molecule has 0 radical (unpaired) electrons. The first-order valence-electron chi connectivity index (χ1n) is 6.51. The summed E-state index contributed by atoms with van der Waals surface area (Å²) in [4.78, 5) is 39.6. The number of carboxylic acids is 1. The van der Waals surface area contributed by atoms with Crippen molar-refractivity contribution in [3.8, 4) is 5.69 Å². The van der Waals surface area contributed by atoms with Crippen LogP contribution in [0.15, 0.2) is 46.1 Å². The van der Waals surface area contributed by atoms with Crippen molar-refractivity contribution < 1.29 is 14.3 Å². The van der Waals surface area contributed by atoms with Gasteiger partial charge in [0.1, 0.15) is 5.82 Å². The van der Waals surface area contributed by atoms with E-state index in [9.17, 15) is 18.8 Å². The van der Waals surface area contributed by atoms with E-state index in [0.29, 0.717) is 5.69 Å². The number of hydrogen-bond donors (Lipinski definition) is 1. The molecule has 8 heteroatoms. The van der Waals surface area contributed by atoms with Crippen molar-refractivity contribution in [2.24, 2.45) is 7.05 Å². The van der Waals surface area contributed by atoms with E-state index in [1.807, 2.05) is 0 Å². The van der Waals surface area contributed by atoms with Gasteiger partial charge in [-0.05, 0) is 30.3 Å². The first-order chi connectivity index (χ1) is 10.9. The van der Waals surface area contributed by atoms with E-state index in [4.69, 9.17) is 5.11 Å². The second-order valence-electron chi connectivity index (χ2n) is 4.86. The van der Waals surface area contributed by atoms with E-state index in [-0.39, 0.29) is 16.6 Å². The molecule has 2 aromatic heterocycles. The highest BCUT2D eigenvalue weighted by atomic mass is 19.1. The summed E-state index contributed by atoms with van der Waals surface area (Å²) in [5.74, 6) is -1.71. The van der Waals surface area contributed by atoms with E-state index in [1.165, 1.54) is 31.3 Å². The maximum Gasteiger partial charge on any atom is 0.337 e. The summed E-state index contributed by atoms with van der Waals surface area (Å²) < 4.78 is 15.1. The number of aromatic nitrogens is 3. The van der Waals surface area contributed by atoms with Gasteiger partial charge in [0.25, 0.3) is 5.56 Å². The molecule has 0 unspecified atom stereocenters. The molecule has 0 saturated heterocycles. The van der Waals surface area contributed by atoms with E-state index in [0.717, 1.165) is 21.4 Å². The van der Waals surface area contributed by atoms with Crippen LogP contribution in [-0.4, -0.2) is 25.2 Å². The summed E-state index contributed by atoms with van der Waals surface area (Å²) in [6, 6.07) is 6.24. The minimum atomic E-state index is -1.24. The van der Waals surface area contributed by atoms with Gasteiger partial charge >= 0.3 is 11.7 Å². The van der Waals surface area contributed by atoms with Crippen LogP contribution in [0.25, 0.3) is 16.7 Å². The number of fused-ring (bicyclic) bond motifs is 1. The van der Waals surface area contributed by atoms with Gasteiger partial charge in [-0.15, -0.1) is 0 Å². The Morgan fingerprint density at radius 2 is 1.87 bits per heavy atom. The van der Waals surface area contributed by atoms with Crippen LogP contribution in [0.3, 0.4) is 0 Å². The molecular formula is C15H10FN3O4. The molecule has 116 valence electrons. The van der Waals surface area contributed by atoms with Crippen LogP contribution in [-0.2, 0) is 7.05 Å². The molecule has 0 atom stereocenters. The smallest absolute Gasteiger partial charge is 0.337 e. The van der Waals surface area contributed by atoms with Crippen molar-refractivity contribution in [1.82, 2.24) is 14.1 Å². The van der Waals surface area contributed by atoms with Crippen LogP contribution in [0.5, 0.6) is 0 Å². The zero-order valence-corrected chi connectivity index (χ0v) is 11.9. The van der Waals surface area contributed by atoms with Gasteiger partial charge < -0.3 is 5.11 Å². The highest BCUT2D eigenvalue weighted by molar-refractivity contribution is 5.91. The van der Waals surface area contributed by atoms with Gasteiger partial charge in [-0.25, -0.2) is 23.5 Å². The fraction of sp³-hybridized carbons (Fsp3) is 0.0667. The van der Waals surface area contributed by atoms with Crippen LogP contribution >= 0.6 is 0 Å². The van der Waals surface area contributed by atoms with E-state index in [1.54, 1.807) is 0 Å². The minimum Gasteiger partial charge on any atom is -0.478 e. The molecule has 0 aliphatic carbocycles. The number of benzene rings is 1. The topological polar surface area (TPSA) is 94.2 Å². The molecule has 1 aromatic carbocycles. The van der Waals surface area contributed by atoms with Crippen molar-refractivity contribution >= 4 is 17.0 Å². The van der Waals surface area contributed by atoms with Crippen molar-refractivity contribution in [2.75, 3.05) is 0 Å². The summed E-state index contributed by atoms with van der Waals surface area (Å²) in [6.07, 6.45) is 1.06. The van der Waals surface area contributed by atoms with Crippen LogP contribution in [0.1, 0.15) is 10.4 Å². The Kier molecular flexibility index (Phi) is 3.29. The number of rotatable bonds is 2. The standard InChI is InChI=1S/C15H10FN3O4/c1-18-13(20)11-6-8(14(21)22)7-17-12(11)19(15(18)23)10-4-2-9(16)3-5-10/h2-7H,1H3,(H,21,22). The Labute approximate surface area is 127 Å². The Bertz CT molecular complexity index is 1050. The Morgan fingerprint density at radius 1 is 1.22 bits per heavy atom. The number of nitrogens with zero attached hydrogens (tertiary/aromatic N) is 3. The van der Waals surface area contributed by atoms with Gasteiger partial charge in [-0.1, -0.05) is 0 Å². The van der Waals surface area contributed by atoms with E-state index >= 15 is 0 Å². The summed E-state index contributed by atoms with van der Waals surface area (Å²) >= 11 is 0. The average Bonchev–Trinajstić information content (AvgIpc) is 2.54. The Hall–Kier alpha value is -3.29. The lowest BCUT2D eigenvalue weighted by Gasteiger charge is -2.11. The van der Waals surface area contributed by atoms with Crippen LogP contribution in [0.4, 0.5) is 4.39 Å². The number of carboxylic acid groups (broad SMARTS) is 1. The zero-order valence-electron chi connectivity index (χ0n) is 11.9. The minimum absolute atomic E-state index is 0.00899. The largest absolute Gasteiger partial charge is 0.478 e. The van der Waals surface area contributed by atoms with Gasteiger partial charge in [0.05, 0.1) is 16.6 Å². The maximum atomic E-state index is 13.1. The molecule has 1 N–H and O–H groups in total. The van der Waals surface area contributed by atoms with Gasteiger partial charge in [0.15, 0.2) is 5.65 Å². The molecule has 0 bridgehead atoms. The van der Waals surface area contributed by atoms with Crippen molar-refractivity contribution in [1.29, 1.82) is 0 Å². The summed E-state index contributed by atoms with van der Waals surface area (Å²) in [5, 5.41) is 9.00. The van der Waals surface area contributed by atoms with Crippen LogP contribution in [0.2, 0.25) is 0 Å². The summed E-state index contributed by atoms with van der Waals surface area (Å²) in [7, 11) is 1.28. The van der Waals surface area contributed by atoms with Gasteiger partial charge in [-0.2, -0.15) is 0 Å². The molecule has 3 aromatic rings. The van der Waals surface area contributed by atoms with Gasteiger partial charge in [0.2, 0.25) is 0 Å². The number of aromatic carboxylic acids is 1. The third-order valence-electron chi connectivity index (χ3n) is 3.42. The second-order valence-corrected chi connectivity index (χ2v) is 4.86. The molecule has 0 aliphatic heterocycles. The van der Waals surface area contributed by atoms with Gasteiger partial charge in [-0.3, -0.25) is 9.36 Å². The zero-order chi connectivity index (χ0) is 16.7. The summed E-state index contributed by atoms with van der Waals surface area (Å²) in [5.41, 5.74) is -1.16. The predicted octanol–water partition coefficient (Wildman–Crippen LogP) is 0.922. The fourth-order valence-corrected chi connectivity index (χ4v) is 2.24. The Balaban J connectivity index is 2.46. The number of pyridine rings is 1. The third kappa shape index (κ3) is 2.30. The molecule has 0 spiro atoms. The first kappa shape index (κ1) is 14.6. The first-order valence-corrected chi connectivity index (χ1v) is 6.51. The quantitative estimate of drug-likeness (QED) is 0.759. The average molecular weight is 315 g/mol. The van der Waals surface area contributed by atoms with Crippen molar-refractivity contribution in [2.45, 2.75) is 0 Å². The molecular weight excluding hydrogens is 305 g/mol. The van der Waals surface area contributed by atoms with Crippen molar-refractivity contribution in [3.63, 3.8) is 0 Å². The van der Waals surface area contributed by atoms with Gasteiger partial charge in [0, 0.05) is 13.2 Å². The predicted molar refractivity (Wildman–Crippen MR) is 79.5 cm³/mol.